The molecule has 0 spiro atoms. The molecule has 314 valence electrons. The molecule has 0 aromatic rings. The molecule has 0 aliphatic heterocycles. The summed E-state index contributed by atoms with van der Waals surface area (Å²) >= 11 is 0. The van der Waals surface area contributed by atoms with Crippen LogP contribution in [0.1, 0.15) is 222 Å². The molecule has 2 unspecified atom stereocenters. The highest BCUT2D eigenvalue weighted by Crippen LogP contribution is 2.29. The Kier molecular flexibility index (Phi) is 31.6. The molecule has 0 N–H and O–H groups in total. The molecule has 7 nitrogen and oxygen atoms in total. The number of rotatable bonds is 37. The number of hydrogen-bond acceptors (Lipinski definition) is 7. The Morgan fingerprint density at radius 2 is 0.962 bits per heavy atom. The fraction of sp³-hybridized carbons (Fsp3) is 0.935. The van der Waals surface area contributed by atoms with Crippen molar-refractivity contribution in [2.45, 2.75) is 228 Å². The standard InChI is InChI=1S/C46H89NO6/c1-10-13-16-18-19-21-28-38-51-43(49)45(4,5)35-26-24-32-41(53-42(48)34-29-37-47(8)9)33-25-27-36-46(6,7)44(50)52-39-40(30-22-15-12-3)31-23-20-17-14-11-2/h40-41H,10-39H2,1-9H3. The van der Waals surface area contributed by atoms with Gasteiger partial charge in [0.1, 0.15) is 6.10 Å². The summed E-state index contributed by atoms with van der Waals surface area (Å²) in [6.07, 6.45) is 28.4. The summed E-state index contributed by atoms with van der Waals surface area (Å²) in [6.45, 7) is 16.6. The lowest BCUT2D eigenvalue weighted by atomic mass is 9.86. The maximum Gasteiger partial charge on any atom is 0.311 e. The van der Waals surface area contributed by atoms with Gasteiger partial charge in [-0.15, -0.1) is 0 Å². The second-order valence-corrected chi connectivity index (χ2v) is 17.7. The molecule has 0 radical (unpaired) electrons. The second kappa shape index (κ2) is 32.6. The van der Waals surface area contributed by atoms with Gasteiger partial charge in [0, 0.05) is 6.42 Å². The molecule has 0 aliphatic carbocycles. The molecule has 7 heteroatoms. The van der Waals surface area contributed by atoms with Crippen LogP contribution in [0, 0.1) is 16.7 Å². The van der Waals surface area contributed by atoms with Crippen molar-refractivity contribution in [3.63, 3.8) is 0 Å². The molecular weight excluding hydrogens is 663 g/mol. The van der Waals surface area contributed by atoms with E-state index in [2.05, 4.69) is 25.7 Å². The summed E-state index contributed by atoms with van der Waals surface area (Å²) < 4.78 is 17.7. The number of hydrogen-bond donors (Lipinski definition) is 0. The lowest BCUT2D eigenvalue weighted by Gasteiger charge is -2.25. The van der Waals surface area contributed by atoms with E-state index in [0.717, 1.165) is 90.0 Å². The maximum atomic E-state index is 13.2. The molecule has 0 saturated heterocycles. The average Bonchev–Trinajstić information content (AvgIpc) is 3.11. The highest BCUT2D eigenvalue weighted by Gasteiger charge is 2.31. The van der Waals surface area contributed by atoms with E-state index in [0.29, 0.717) is 25.6 Å². The number of unbranched alkanes of at least 4 members (excludes halogenated alkanes) is 14. The second-order valence-electron chi connectivity index (χ2n) is 17.7. The van der Waals surface area contributed by atoms with Crippen molar-refractivity contribution < 1.29 is 28.6 Å². The quantitative estimate of drug-likeness (QED) is 0.0355. The Labute approximate surface area is 329 Å². The number of esters is 3. The predicted molar refractivity (Wildman–Crippen MR) is 223 cm³/mol. The summed E-state index contributed by atoms with van der Waals surface area (Å²) in [5.74, 6) is 0.135. The van der Waals surface area contributed by atoms with Gasteiger partial charge in [0.2, 0.25) is 0 Å². The number of carbonyl (C=O) groups is 3. The first kappa shape index (κ1) is 51.4. The molecule has 0 aliphatic rings. The van der Waals surface area contributed by atoms with Gasteiger partial charge in [-0.25, -0.2) is 0 Å². The topological polar surface area (TPSA) is 82.1 Å². The van der Waals surface area contributed by atoms with Crippen molar-refractivity contribution >= 4 is 17.9 Å². The third-order valence-electron chi connectivity index (χ3n) is 10.9. The largest absolute Gasteiger partial charge is 0.465 e. The molecule has 2 atom stereocenters. The highest BCUT2D eigenvalue weighted by atomic mass is 16.5. The number of ether oxygens (including phenoxy) is 3. The monoisotopic (exact) mass is 752 g/mol. The Bertz CT molecular complexity index is 900. The molecule has 0 saturated carbocycles. The van der Waals surface area contributed by atoms with Crippen LogP contribution in [0.15, 0.2) is 0 Å². The Morgan fingerprint density at radius 1 is 0.528 bits per heavy atom. The number of nitrogens with zero attached hydrogens (tertiary/aromatic N) is 1. The zero-order chi connectivity index (χ0) is 39.8. The molecule has 0 amide bonds. The molecule has 0 aromatic heterocycles. The van der Waals surface area contributed by atoms with Crippen LogP contribution in [0.2, 0.25) is 0 Å². The molecule has 0 aromatic carbocycles. The van der Waals surface area contributed by atoms with Gasteiger partial charge in [0.25, 0.3) is 0 Å². The van der Waals surface area contributed by atoms with Gasteiger partial charge in [-0.05, 0) is 118 Å². The van der Waals surface area contributed by atoms with Gasteiger partial charge in [-0.2, -0.15) is 0 Å². The zero-order valence-electron chi connectivity index (χ0n) is 36.8. The molecule has 0 heterocycles. The van der Waals surface area contributed by atoms with Crippen molar-refractivity contribution in [1.29, 1.82) is 0 Å². The highest BCUT2D eigenvalue weighted by molar-refractivity contribution is 5.76. The van der Waals surface area contributed by atoms with Crippen molar-refractivity contribution in [2.24, 2.45) is 16.7 Å². The number of carbonyl (C=O) groups excluding carboxylic acids is 3. The van der Waals surface area contributed by atoms with Gasteiger partial charge in [-0.1, -0.05) is 124 Å². The van der Waals surface area contributed by atoms with Crippen LogP contribution in [0.4, 0.5) is 0 Å². The Hall–Kier alpha value is -1.63. The lowest BCUT2D eigenvalue weighted by Crippen LogP contribution is -2.28. The zero-order valence-corrected chi connectivity index (χ0v) is 36.8. The van der Waals surface area contributed by atoms with Crippen LogP contribution >= 0.6 is 0 Å². The van der Waals surface area contributed by atoms with E-state index in [1.807, 2.05) is 41.8 Å². The summed E-state index contributed by atoms with van der Waals surface area (Å²) in [6, 6.07) is 0. The predicted octanol–water partition coefficient (Wildman–Crippen LogP) is 12.8. The van der Waals surface area contributed by atoms with E-state index in [1.165, 1.54) is 83.5 Å². The van der Waals surface area contributed by atoms with E-state index >= 15 is 0 Å². The summed E-state index contributed by atoms with van der Waals surface area (Å²) in [4.78, 5) is 40.9. The fourth-order valence-corrected chi connectivity index (χ4v) is 6.97. The third-order valence-corrected chi connectivity index (χ3v) is 10.9. The maximum absolute atomic E-state index is 13.2. The first-order valence-corrected chi connectivity index (χ1v) is 22.5. The van der Waals surface area contributed by atoms with Gasteiger partial charge in [-0.3, -0.25) is 14.4 Å². The van der Waals surface area contributed by atoms with Gasteiger partial charge in [0.05, 0.1) is 24.0 Å². The molecular formula is C46H89NO6. The average molecular weight is 752 g/mol. The summed E-state index contributed by atoms with van der Waals surface area (Å²) in [5, 5.41) is 0. The fourth-order valence-electron chi connectivity index (χ4n) is 6.97. The van der Waals surface area contributed by atoms with Gasteiger partial charge >= 0.3 is 17.9 Å². The first-order chi connectivity index (χ1) is 25.3. The van der Waals surface area contributed by atoms with E-state index in [1.54, 1.807) is 0 Å². The molecule has 0 rings (SSSR count). The van der Waals surface area contributed by atoms with Crippen molar-refractivity contribution in [2.75, 3.05) is 33.9 Å². The van der Waals surface area contributed by atoms with Gasteiger partial charge < -0.3 is 19.1 Å². The smallest absolute Gasteiger partial charge is 0.311 e. The van der Waals surface area contributed by atoms with E-state index < -0.39 is 10.8 Å². The minimum Gasteiger partial charge on any atom is -0.465 e. The van der Waals surface area contributed by atoms with Crippen LogP contribution in [0.25, 0.3) is 0 Å². The SMILES string of the molecule is CCCCCCCCCOC(=O)C(C)(C)CCCCC(CCCCC(C)(C)C(=O)OCC(CCCCC)CCCCCCC)OC(=O)CCCN(C)C. The molecule has 0 fully saturated rings. The van der Waals surface area contributed by atoms with Crippen LogP contribution in [-0.2, 0) is 28.6 Å². The van der Waals surface area contributed by atoms with Crippen LogP contribution in [-0.4, -0.2) is 62.8 Å². The van der Waals surface area contributed by atoms with E-state index in [9.17, 15) is 14.4 Å². The molecule has 0 bridgehead atoms. The van der Waals surface area contributed by atoms with Crippen LogP contribution < -0.4 is 0 Å². The first-order valence-electron chi connectivity index (χ1n) is 22.5. The lowest BCUT2D eigenvalue weighted by molar-refractivity contribution is -0.156. The summed E-state index contributed by atoms with van der Waals surface area (Å²) in [5.41, 5.74) is -1.06. The Balaban J connectivity index is 4.87. The van der Waals surface area contributed by atoms with Gasteiger partial charge in [0.15, 0.2) is 0 Å². The minimum atomic E-state index is -0.539. The minimum absolute atomic E-state index is 0.0867. The van der Waals surface area contributed by atoms with Crippen molar-refractivity contribution in [1.82, 2.24) is 4.90 Å². The Morgan fingerprint density at radius 3 is 1.49 bits per heavy atom. The van der Waals surface area contributed by atoms with Crippen LogP contribution in [0.5, 0.6) is 0 Å². The van der Waals surface area contributed by atoms with Crippen LogP contribution in [0.3, 0.4) is 0 Å². The summed E-state index contributed by atoms with van der Waals surface area (Å²) in [7, 11) is 4.03. The normalized spacial score (nSPS) is 13.2. The van der Waals surface area contributed by atoms with Crippen molar-refractivity contribution in [3.05, 3.63) is 0 Å². The van der Waals surface area contributed by atoms with E-state index in [-0.39, 0.29) is 24.0 Å². The van der Waals surface area contributed by atoms with E-state index in [4.69, 9.17) is 14.2 Å². The van der Waals surface area contributed by atoms with Crippen molar-refractivity contribution in [3.8, 4) is 0 Å². The third kappa shape index (κ3) is 29.3. The molecule has 53 heavy (non-hydrogen) atoms.